The molecule has 5 aromatic rings. The number of fused-ring (bicyclic) bond motifs is 3. The first-order valence-corrected chi connectivity index (χ1v) is 11.8. The Hall–Kier alpha value is -3.94. The summed E-state index contributed by atoms with van der Waals surface area (Å²) >= 11 is 0. The average Bonchev–Trinajstić information content (AvgIpc) is 3.39. The molecule has 0 aliphatic heterocycles. The van der Waals surface area contributed by atoms with Gasteiger partial charge in [-0.1, -0.05) is 6.07 Å². The standard InChI is InChI=1S/C27H28FN5O2/c1-5-34-22-12-7-19(15-23(22)35-6-2)13-14-32-18(4)17(3)24-26(32)29-16-33-27(24)30-25(31-33)20-8-10-21(28)11-9-20/h7-12,15-16H,5-6,13-14H2,1-4H3. The predicted octanol–water partition coefficient (Wildman–Crippen LogP) is 5.54. The Labute approximate surface area is 203 Å². The zero-order chi connectivity index (χ0) is 24.5. The Kier molecular flexibility index (Phi) is 6.11. The number of hydrogen-bond donors (Lipinski definition) is 0. The van der Waals surface area contributed by atoms with E-state index in [1.165, 1.54) is 12.1 Å². The summed E-state index contributed by atoms with van der Waals surface area (Å²) in [4.78, 5) is 9.51. The molecule has 8 heteroatoms. The highest BCUT2D eigenvalue weighted by atomic mass is 19.1. The molecular weight excluding hydrogens is 445 g/mol. The van der Waals surface area contributed by atoms with Crippen LogP contribution in [0.25, 0.3) is 28.1 Å². The van der Waals surface area contributed by atoms with Gasteiger partial charge in [-0.15, -0.1) is 5.10 Å². The van der Waals surface area contributed by atoms with Gasteiger partial charge in [-0.3, -0.25) is 0 Å². The van der Waals surface area contributed by atoms with Crippen molar-refractivity contribution >= 4 is 16.7 Å². The van der Waals surface area contributed by atoms with Crippen molar-refractivity contribution < 1.29 is 13.9 Å². The van der Waals surface area contributed by atoms with Gasteiger partial charge in [0.25, 0.3) is 0 Å². The number of benzene rings is 2. The fourth-order valence-corrected chi connectivity index (χ4v) is 4.42. The fraction of sp³-hybridized carbons (Fsp3) is 0.296. The summed E-state index contributed by atoms with van der Waals surface area (Å²) in [6.07, 6.45) is 2.51. The van der Waals surface area contributed by atoms with E-state index in [-0.39, 0.29) is 5.82 Å². The molecule has 0 fully saturated rings. The summed E-state index contributed by atoms with van der Waals surface area (Å²) in [6.45, 7) is 10.1. The largest absolute Gasteiger partial charge is 0.490 e. The highest BCUT2D eigenvalue weighted by Gasteiger charge is 2.18. The monoisotopic (exact) mass is 473 g/mol. The second-order valence-corrected chi connectivity index (χ2v) is 8.41. The van der Waals surface area contributed by atoms with E-state index in [9.17, 15) is 4.39 Å². The molecule has 0 spiro atoms. The number of aryl methyl sites for hydroxylation is 3. The van der Waals surface area contributed by atoms with Gasteiger partial charge in [-0.2, -0.15) is 0 Å². The first kappa shape index (κ1) is 22.8. The number of ether oxygens (including phenoxy) is 2. The van der Waals surface area contributed by atoms with Crippen molar-refractivity contribution in [3.63, 3.8) is 0 Å². The third-order valence-electron chi connectivity index (χ3n) is 6.28. The van der Waals surface area contributed by atoms with Crippen molar-refractivity contribution in [1.29, 1.82) is 0 Å². The van der Waals surface area contributed by atoms with E-state index in [4.69, 9.17) is 19.4 Å². The smallest absolute Gasteiger partial charge is 0.182 e. The molecule has 0 N–H and O–H groups in total. The third-order valence-corrected chi connectivity index (χ3v) is 6.28. The summed E-state index contributed by atoms with van der Waals surface area (Å²) < 4.78 is 28.8. The minimum atomic E-state index is -0.286. The maximum Gasteiger partial charge on any atom is 0.182 e. The molecule has 5 rings (SSSR count). The van der Waals surface area contributed by atoms with Crippen LogP contribution in [0.1, 0.15) is 30.7 Å². The number of aromatic nitrogens is 5. The van der Waals surface area contributed by atoms with Crippen LogP contribution < -0.4 is 9.47 Å². The summed E-state index contributed by atoms with van der Waals surface area (Å²) in [5.41, 5.74) is 5.81. The number of nitrogens with zero attached hydrogens (tertiary/aromatic N) is 5. The predicted molar refractivity (Wildman–Crippen MR) is 134 cm³/mol. The van der Waals surface area contributed by atoms with E-state index in [1.54, 1.807) is 23.0 Å². The van der Waals surface area contributed by atoms with Crippen molar-refractivity contribution in [2.75, 3.05) is 13.2 Å². The summed E-state index contributed by atoms with van der Waals surface area (Å²) in [7, 11) is 0. The van der Waals surface area contributed by atoms with Crippen LogP contribution in [0, 0.1) is 19.7 Å². The lowest BCUT2D eigenvalue weighted by Crippen LogP contribution is -2.05. The van der Waals surface area contributed by atoms with Crippen LogP contribution in [0.4, 0.5) is 4.39 Å². The van der Waals surface area contributed by atoms with E-state index in [1.807, 2.05) is 19.9 Å². The molecule has 35 heavy (non-hydrogen) atoms. The van der Waals surface area contributed by atoms with Crippen LogP contribution in [0.5, 0.6) is 11.5 Å². The number of hydrogen-bond acceptors (Lipinski definition) is 5. The molecule has 2 aromatic carbocycles. The molecular formula is C27H28FN5O2. The van der Waals surface area contributed by atoms with Gasteiger partial charge in [0.15, 0.2) is 23.0 Å². The van der Waals surface area contributed by atoms with E-state index in [0.29, 0.717) is 19.0 Å². The van der Waals surface area contributed by atoms with Crippen molar-refractivity contribution in [1.82, 2.24) is 24.1 Å². The zero-order valence-corrected chi connectivity index (χ0v) is 20.4. The van der Waals surface area contributed by atoms with Gasteiger partial charge >= 0.3 is 0 Å². The van der Waals surface area contributed by atoms with Crippen LogP contribution in [0.15, 0.2) is 48.8 Å². The Morgan fingerprint density at radius 2 is 1.66 bits per heavy atom. The normalized spacial score (nSPS) is 11.5. The van der Waals surface area contributed by atoms with Crippen molar-refractivity contribution in [2.24, 2.45) is 0 Å². The third kappa shape index (κ3) is 4.20. The quantitative estimate of drug-likeness (QED) is 0.296. The molecule has 3 aromatic heterocycles. The first-order valence-electron chi connectivity index (χ1n) is 11.8. The van der Waals surface area contributed by atoms with Gasteiger partial charge in [0, 0.05) is 17.8 Å². The molecule has 0 unspecified atom stereocenters. The van der Waals surface area contributed by atoms with E-state index >= 15 is 0 Å². The maximum atomic E-state index is 13.4. The van der Waals surface area contributed by atoms with Gasteiger partial charge in [0.05, 0.1) is 18.6 Å². The molecule has 180 valence electrons. The highest BCUT2D eigenvalue weighted by molar-refractivity contribution is 5.94. The van der Waals surface area contributed by atoms with Crippen LogP contribution in [0.3, 0.4) is 0 Å². The summed E-state index contributed by atoms with van der Waals surface area (Å²) in [5.74, 6) is 1.80. The van der Waals surface area contributed by atoms with Crippen LogP contribution >= 0.6 is 0 Å². The number of halogens is 1. The lowest BCUT2D eigenvalue weighted by molar-refractivity contribution is 0.287. The molecule has 0 amide bonds. The SMILES string of the molecule is CCOc1ccc(CCn2c(C)c(C)c3c2ncn2nc(-c4ccc(F)cc4)nc32)cc1OCC. The van der Waals surface area contributed by atoms with Gasteiger partial charge in [0.2, 0.25) is 0 Å². The van der Waals surface area contributed by atoms with Crippen LogP contribution in [-0.2, 0) is 13.0 Å². The van der Waals surface area contributed by atoms with E-state index < -0.39 is 0 Å². The van der Waals surface area contributed by atoms with Crippen molar-refractivity contribution in [3.05, 3.63) is 71.4 Å². The molecule has 0 atom stereocenters. The van der Waals surface area contributed by atoms with Gasteiger partial charge < -0.3 is 14.0 Å². The van der Waals surface area contributed by atoms with Crippen LogP contribution in [-0.4, -0.2) is 37.4 Å². The minimum absolute atomic E-state index is 0.286. The van der Waals surface area contributed by atoms with Gasteiger partial charge in [-0.25, -0.2) is 18.9 Å². The second-order valence-electron chi connectivity index (χ2n) is 8.41. The number of rotatable bonds is 8. The zero-order valence-electron chi connectivity index (χ0n) is 20.4. The van der Waals surface area contributed by atoms with Crippen molar-refractivity contribution in [2.45, 2.75) is 40.7 Å². The average molecular weight is 474 g/mol. The summed E-state index contributed by atoms with van der Waals surface area (Å²) in [5, 5.41) is 5.55. The van der Waals surface area contributed by atoms with Gasteiger partial charge in [-0.05, 0) is 81.6 Å². The Morgan fingerprint density at radius 1 is 0.914 bits per heavy atom. The molecule has 0 saturated carbocycles. The molecule has 7 nitrogen and oxygen atoms in total. The fourth-order valence-electron chi connectivity index (χ4n) is 4.42. The maximum absolute atomic E-state index is 13.4. The van der Waals surface area contributed by atoms with E-state index in [2.05, 4.69) is 35.6 Å². The Bertz CT molecular complexity index is 1500. The lowest BCUT2D eigenvalue weighted by Gasteiger charge is -2.13. The van der Waals surface area contributed by atoms with E-state index in [0.717, 1.165) is 63.5 Å². The molecule has 0 saturated heterocycles. The van der Waals surface area contributed by atoms with Gasteiger partial charge in [0.1, 0.15) is 17.8 Å². The Balaban J connectivity index is 1.49. The second kappa shape index (κ2) is 9.37. The molecule has 0 bridgehead atoms. The topological polar surface area (TPSA) is 66.5 Å². The minimum Gasteiger partial charge on any atom is -0.490 e. The molecule has 0 aliphatic carbocycles. The summed E-state index contributed by atoms with van der Waals surface area (Å²) in [6, 6.07) is 12.3. The highest BCUT2D eigenvalue weighted by Crippen LogP contribution is 2.31. The molecule has 0 aliphatic rings. The van der Waals surface area contributed by atoms with Crippen LogP contribution in [0.2, 0.25) is 0 Å². The lowest BCUT2D eigenvalue weighted by atomic mass is 10.1. The van der Waals surface area contributed by atoms with Crippen molar-refractivity contribution in [3.8, 4) is 22.9 Å². The molecule has 3 heterocycles. The Morgan fingerprint density at radius 3 is 2.40 bits per heavy atom. The first-order chi connectivity index (χ1) is 17.0. The molecule has 0 radical (unpaired) electrons.